The van der Waals surface area contributed by atoms with Gasteiger partial charge in [-0.1, -0.05) is 6.92 Å². The summed E-state index contributed by atoms with van der Waals surface area (Å²) in [6.07, 6.45) is 7.48. The predicted molar refractivity (Wildman–Crippen MR) is 76.0 cm³/mol. The Morgan fingerprint density at radius 2 is 2.11 bits per heavy atom. The number of aryl methyl sites for hydroxylation is 2. The van der Waals surface area contributed by atoms with Crippen molar-refractivity contribution in [1.82, 2.24) is 14.9 Å². The smallest absolute Gasteiger partial charge is 0.106 e. The van der Waals surface area contributed by atoms with Crippen LogP contribution in [0.5, 0.6) is 0 Å². The third-order valence-electron chi connectivity index (χ3n) is 3.95. The molecule has 1 aliphatic carbocycles. The van der Waals surface area contributed by atoms with Crippen LogP contribution in [-0.4, -0.2) is 22.1 Å². The van der Waals surface area contributed by atoms with E-state index in [9.17, 15) is 0 Å². The van der Waals surface area contributed by atoms with E-state index in [0.29, 0.717) is 6.04 Å². The molecule has 3 nitrogen and oxygen atoms in total. The Balaban J connectivity index is 1.94. The lowest BCUT2D eigenvalue weighted by Crippen LogP contribution is -2.28. The molecule has 0 amide bonds. The Labute approximate surface area is 111 Å². The molecule has 0 aliphatic heterocycles. The van der Waals surface area contributed by atoms with E-state index in [1.54, 1.807) is 0 Å². The standard InChI is InChI=1S/C15H27N3/c1-4-10-16-12(2)9-11-18-13(3)17-14-7-5-6-8-15(14)18/h12,16H,4-11H2,1-3H3. The van der Waals surface area contributed by atoms with Gasteiger partial charge in [0.05, 0.1) is 5.69 Å². The van der Waals surface area contributed by atoms with Gasteiger partial charge in [-0.05, 0) is 58.9 Å². The second-order valence-corrected chi connectivity index (χ2v) is 5.55. The monoisotopic (exact) mass is 249 g/mol. The zero-order valence-electron chi connectivity index (χ0n) is 12.1. The summed E-state index contributed by atoms with van der Waals surface area (Å²) in [7, 11) is 0. The molecule has 1 heterocycles. The van der Waals surface area contributed by atoms with E-state index in [1.807, 2.05) is 0 Å². The summed E-state index contributed by atoms with van der Waals surface area (Å²) in [5.74, 6) is 1.21. The highest BCUT2D eigenvalue weighted by Gasteiger charge is 2.17. The molecule has 0 aromatic carbocycles. The van der Waals surface area contributed by atoms with Crippen LogP contribution in [0.15, 0.2) is 0 Å². The lowest BCUT2D eigenvalue weighted by Gasteiger charge is -2.17. The molecule has 1 atom stereocenters. The number of nitrogens with zero attached hydrogens (tertiary/aromatic N) is 2. The fourth-order valence-electron chi connectivity index (χ4n) is 2.85. The van der Waals surface area contributed by atoms with Gasteiger partial charge < -0.3 is 9.88 Å². The number of nitrogens with one attached hydrogen (secondary N) is 1. The molecule has 3 heteroatoms. The molecule has 1 unspecified atom stereocenters. The summed E-state index contributed by atoms with van der Waals surface area (Å²) in [6.45, 7) is 8.90. The third-order valence-corrected chi connectivity index (χ3v) is 3.95. The van der Waals surface area contributed by atoms with Gasteiger partial charge >= 0.3 is 0 Å². The van der Waals surface area contributed by atoms with E-state index >= 15 is 0 Å². The van der Waals surface area contributed by atoms with E-state index in [0.717, 1.165) is 13.1 Å². The summed E-state index contributed by atoms with van der Waals surface area (Å²) in [5.41, 5.74) is 2.88. The van der Waals surface area contributed by atoms with Crippen molar-refractivity contribution in [3.8, 4) is 0 Å². The average molecular weight is 249 g/mol. The van der Waals surface area contributed by atoms with Gasteiger partial charge in [0, 0.05) is 18.3 Å². The molecule has 1 N–H and O–H groups in total. The second kappa shape index (κ2) is 6.37. The number of fused-ring (bicyclic) bond motifs is 1. The Morgan fingerprint density at radius 1 is 1.33 bits per heavy atom. The average Bonchev–Trinajstić information content (AvgIpc) is 2.69. The van der Waals surface area contributed by atoms with Crippen molar-refractivity contribution in [2.75, 3.05) is 6.54 Å². The van der Waals surface area contributed by atoms with E-state index in [4.69, 9.17) is 4.98 Å². The zero-order valence-corrected chi connectivity index (χ0v) is 12.1. The highest BCUT2D eigenvalue weighted by molar-refractivity contribution is 5.19. The summed E-state index contributed by atoms with van der Waals surface area (Å²) >= 11 is 0. The number of imidazole rings is 1. The van der Waals surface area contributed by atoms with Gasteiger partial charge in [0.1, 0.15) is 5.82 Å². The van der Waals surface area contributed by atoms with Crippen molar-refractivity contribution in [3.05, 3.63) is 17.2 Å². The van der Waals surface area contributed by atoms with E-state index in [-0.39, 0.29) is 0 Å². The first kappa shape index (κ1) is 13.6. The highest BCUT2D eigenvalue weighted by atomic mass is 15.1. The van der Waals surface area contributed by atoms with Crippen LogP contribution >= 0.6 is 0 Å². The maximum atomic E-state index is 4.73. The van der Waals surface area contributed by atoms with Gasteiger partial charge in [0.25, 0.3) is 0 Å². The molecular weight excluding hydrogens is 222 g/mol. The van der Waals surface area contributed by atoms with Gasteiger partial charge in [-0.15, -0.1) is 0 Å². The summed E-state index contributed by atoms with van der Waals surface area (Å²) in [4.78, 5) is 4.73. The molecule has 0 saturated heterocycles. The number of hydrogen-bond acceptors (Lipinski definition) is 2. The topological polar surface area (TPSA) is 29.9 Å². The van der Waals surface area contributed by atoms with Crippen LogP contribution in [0, 0.1) is 6.92 Å². The molecule has 18 heavy (non-hydrogen) atoms. The maximum absolute atomic E-state index is 4.73. The van der Waals surface area contributed by atoms with Gasteiger partial charge in [-0.3, -0.25) is 0 Å². The van der Waals surface area contributed by atoms with Gasteiger partial charge in [-0.2, -0.15) is 0 Å². The number of hydrogen-bond donors (Lipinski definition) is 1. The molecule has 0 spiro atoms. The summed E-state index contributed by atoms with van der Waals surface area (Å²) in [5, 5.41) is 3.56. The van der Waals surface area contributed by atoms with Gasteiger partial charge in [0.15, 0.2) is 0 Å². The molecular formula is C15H27N3. The van der Waals surface area contributed by atoms with Gasteiger partial charge in [0.2, 0.25) is 0 Å². The maximum Gasteiger partial charge on any atom is 0.106 e. The fourth-order valence-corrected chi connectivity index (χ4v) is 2.85. The minimum absolute atomic E-state index is 0.603. The molecule has 1 aromatic rings. The minimum Gasteiger partial charge on any atom is -0.332 e. The van der Waals surface area contributed by atoms with E-state index < -0.39 is 0 Å². The first-order valence-electron chi connectivity index (χ1n) is 7.50. The first-order chi connectivity index (χ1) is 8.72. The highest BCUT2D eigenvalue weighted by Crippen LogP contribution is 2.22. The molecule has 2 rings (SSSR count). The van der Waals surface area contributed by atoms with Crippen LogP contribution < -0.4 is 5.32 Å². The predicted octanol–water partition coefficient (Wildman–Crippen LogP) is 2.85. The Hall–Kier alpha value is -0.830. The van der Waals surface area contributed by atoms with Crippen LogP contribution in [0.25, 0.3) is 0 Å². The molecule has 1 aromatic heterocycles. The second-order valence-electron chi connectivity index (χ2n) is 5.55. The van der Waals surface area contributed by atoms with Crippen molar-refractivity contribution in [1.29, 1.82) is 0 Å². The van der Waals surface area contributed by atoms with E-state index in [1.165, 1.54) is 55.7 Å². The number of rotatable bonds is 6. The third kappa shape index (κ3) is 3.14. The quantitative estimate of drug-likeness (QED) is 0.840. The largest absolute Gasteiger partial charge is 0.332 e. The van der Waals surface area contributed by atoms with Crippen molar-refractivity contribution in [3.63, 3.8) is 0 Å². The van der Waals surface area contributed by atoms with Crippen LogP contribution in [0.2, 0.25) is 0 Å². The normalized spacial score (nSPS) is 16.6. The van der Waals surface area contributed by atoms with Crippen molar-refractivity contribution < 1.29 is 0 Å². The van der Waals surface area contributed by atoms with Crippen LogP contribution in [0.4, 0.5) is 0 Å². The Morgan fingerprint density at radius 3 is 2.89 bits per heavy atom. The van der Waals surface area contributed by atoms with E-state index in [2.05, 4.69) is 30.7 Å². The molecule has 1 aliphatic rings. The van der Waals surface area contributed by atoms with Crippen molar-refractivity contribution in [2.45, 2.75) is 71.9 Å². The molecule has 102 valence electrons. The van der Waals surface area contributed by atoms with Crippen LogP contribution in [0.1, 0.15) is 56.7 Å². The lowest BCUT2D eigenvalue weighted by atomic mass is 10.0. The molecule has 0 fully saturated rings. The SMILES string of the molecule is CCCNC(C)CCn1c(C)nc2c1CCCC2. The lowest BCUT2D eigenvalue weighted by molar-refractivity contribution is 0.464. The van der Waals surface area contributed by atoms with Crippen LogP contribution in [-0.2, 0) is 19.4 Å². The number of aromatic nitrogens is 2. The Kier molecular flexibility index (Phi) is 4.81. The summed E-state index contributed by atoms with van der Waals surface area (Å²) < 4.78 is 2.46. The first-order valence-corrected chi connectivity index (χ1v) is 7.50. The molecule has 0 saturated carbocycles. The summed E-state index contributed by atoms with van der Waals surface area (Å²) in [6, 6.07) is 0.603. The van der Waals surface area contributed by atoms with Crippen molar-refractivity contribution >= 4 is 0 Å². The molecule has 0 bridgehead atoms. The fraction of sp³-hybridized carbons (Fsp3) is 0.800. The minimum atomic E-state index is 0.603. The zero-order chi connectivity index (χ0) is 13.0. The van der Waals surface area contributed by atoms with Crippen molar-refractivity contribution in [2.24, 2.45) is 0 Å². The molecule has 0 radical (unpaired) electrons. The van der Waals surface area contributed by atoms with Crippen LogP contribution in [0.3, 0.4) is 0 Å². The van der Waals surface area contributed by atoms with Gasteiger partial charge in [-0.25, -0.2) is 4.98 Å². The Bertz CT molecular complexity index is 381.